The Morgan fingerprint density at radius 2 is 1.81 bits per heavy atom. The lowest BCUT2D eigenvalue weighted by Crippen LogP contribution is -2.47. The molecule has 2 bridgehead atoms. The quantitative estimate of drug-likeness (QED) is 0.906. The zero-order valence-electron chi connectivity index (χ0n) is 16.1. The van der Waals surface area contributed by atoms with E-state index in [1.165, 1.54) is 5.56 Å². The van der Waals surface area contributed by atoms with Gasteiger partial charge in [-0.1, -0.05) is 30.3 Å². The molecule has 3 aliphatic rings. The maximum Gasteiger partial charge on any atom is 0.227 e. The second-order valence-corrected chi connectivity index (χ2v) is 7.98. The number of pyridine rings is 1. The minimum atomic E-state index is 0.0601. The normalized spacial score (nSPS) is 22.9. The van der Waals surface area contributed by atoms with Gasteiger partial charge in [-0.3, -0.25) is 14.5 Å². The number of nitrogens with one attached hydrogen (secondary N) is 1. The van der Waals surface area contributed by atoms with Gasteiger partial charge in [-0.2, -0.15) is 0 Å². The molecule has 1 amide bonds. The average Bonchev–Trinajstić information content (AvgIpc) is 2.95. The average molecular weight is 365 g/mol. The first-order chi connectivity index (χ1) is 13.0. The van der Waals surface area contributed by atoms with Gasteiger partial charge in [0.05, 0.1) is 5.92 Å². The van der Waals surface area contributed by atoms with Crippen molar-refractivity contribution in [1.82, 2.24) is 14.8 Å². The number of nitrogens with zero attached hydrogens (tertiary/aromatic N) is 2. The lowest BCUT2D eigenvalue weighted by molar-refractivity contribution is -0.140. The van der Waals surface area contributed by atoms with Crippen LogP contribution >= 0.6 is 0 Å². The molecule has 1 aromatic heterocycles. The maximum absolute atomic E-state index is 13.0. The van der Waals surface area contributed by atoms with Crippen LogP contribution in [0.15, 0.2) is 41.3 Å². The maximum atomic E-state index is 13.0. The molecule has 0 spiro atoms. The van der Waals surface area contributed by atoms with Gasteiger partial charge in [-0.05, 0) is 32.3 Å². The third kappa shape index (κ3) is 3.56. The number of carbonyl (C=O) groups excluding carboxylic acids is 1. The number of fused-ring (bicyclic) bond motifs is 4. The highest BCUT2D eigenvalue weighted by molar-refractivity contribution is 5.80. The predicted molar refractivity (Wildman–Crippen MR) is 105 cm³/mol. The Hall–Kier alpha value is -2.40. The van der Waals surface area contributed by atoms with Crippen molar-refractivity contribution >= 4 is 5.91 Å². The van der Waals surface area contributed by atoms with Gasteiger partial charge < -0.3 is 9.88 Å². The summed E-state index contributed by atoms with van der Waals surface area (Å²) in [7, 11) is 0. The molecule has 0 saturated carbocycles. The van der Waals surface area contributed by atoms with E-state index in [-0.39, 0.29) is 23.3 Å². The number of piperidine rings is 1. The number of hydrogen-bond acceptors (Lipinski definition) is 3. The van der Waals surface area contributed by atoms with Gasteiger partial charge in [-0.15, -0.1) is 0 Å². The van der Waals surface area contributed by atoms with Crippen LogP contribution in [0, 0.1) is 19.8 Å². The van der Waals surface area contributed by atoms with Crippen LogP contribution in [0.25, 0.3) is 0 Å². The third-order valence-corrected chi connectivity index (χ3v) is 6.06. The molecule has 3 aliphatic heterocycles. The molecule has 5 nitrogen and oxygen atoms in total. The number of aryl methyl sites for hydroxylation is 1. The Bertz CT molecular complexity index is 890. The van der Waals surface area contributed by atoms with Crippen LogP contribution in [0.4, 0.5) is 0 Å². The van der Waals surface area contributed by atoms with E-state index in [9.17, 15) is 9.59 Å². The Labute approximate surface area is 160 Å². The van der Waals surface area contributed by atoms with Crippen molar-refractivity contribution in [3.05, 3.63) is 69.1 Å². The standard InChI is InChI=1S/C22H27N3O2/c1-15-10-23-20(16(2)21(15)26)14-24-12-18-8-9-19(13-24)25(22(18)27)11-17-6-4-3-5-7-17/h3-7,10,18-19H,8-9,11-14H2,1-2H3,(H,23,26)/t18-,19+/m1/s1. The molecule has 5 rings (SSSR count). The third-order valence-electron chi connectivity index (χ3n) is 6.06. The molecule has 1 aromatic carbocycles. The minimum Gasteiger partial charge on any atom is -0.363 e. The van der Waals surface area contributed by atoms with E-state index in [2.05, 4.69) is 26.9 Å². The summed E-state index contributed by atoms with van der Waals surface area (Å²) in [5, 5.41) is 0. The van der Waals surface area contributed by atoms with Gasteiger partial charge in [0.15, 0.2) is 5.43 Å². The lowest BCUT2D eigenvalue weighted by atomic mass is 9.93. The van der Waals surface area contributed by atoms with Gasteiger partial charge in [-0.25, -0.2) is 0 Å². The number of amides is 1. The highest BCUT2D eigenvalue weighted by atomic mass is 16.2. The predicted octanol–water partition coefficient (Wildman–Crippen LogP) is 2.61. The van der Waals surface area contributed by atoms with E-state index in [1.54, 1.807) is 6.20 Å². The Morgan fingerprint density at radius 1 is 1.04 bits per heavy atom. The summed E-state index contributed by atoms with van der Waals surface area (Å²) in [4.78, 5) is 33.0. The van der Waals surface area contributed by atoms with Crippen LogP contribution < -0.4 is 5.43 Å². The minimum absolute atomic E-state index is 0.0601. The summed E-state index contributed by atoms with van der Waals surface area (Å²) in [5.74, 6) is 0.344. The van der Waals surface area contributed by atoms with Crippen LogP contribution in [0.5, 0.6) is 0 Å². The fourth-order valence-corrected chi connectivity index (χ4v) is 4.44. The van der Waals surface area contributed by atoms with Crippen molar-refractivity contribution in [2.75, 3.05) is 13.1 Å². The summed E-state index contributed by atoms with van der Waals surface area (Å²) in [6.07, 6.45) is 3.82. The van der Waals surface area contributed by atoms with E-state index in [0.29, 0.717) is 13.1 Å². The van der Waals surface area contributed by atoms with Crippen LogP contribution in [-0.4, -0.2) is 39.8 Å². The zero-order valence-corrected chi connectivity index (χ0v) is 16.1. The summed E-state index contributed by atoms with van der Waals surface area (Å²) >= 11 is 0. The van der Waals surface area contributed by atoms with Crippen molar-refractivity contribution in [3.8, 4) is 0 Å². The molecule has 0 aliphatic carbocycles. The number of benzene rings is 1. The van der Waals surface area contributed by atoms with Crippen LogP contribution in [0.3, 0.4) is 0 Å². The summed E-state index contributed by atoms with van der Waals surface area (Å²) < 4.78 is 0. The SMILES string of the molecule is Cc1c[nH]c(CN2C[C@H]3CC[C@@H](C2)N(Cc2ccccc2)C3=O)c(C)c1=O. The first kappa shape index (κ1) is 18.0. The summed E-state index contributed by atoms with van der Waals surface area (Å²) in [6.45, 7) is 6.75. The van der Waals surface area contributed by atoms with E-state index >= 15 is 0 Å². The van der Waals surface area contributed by atoms with Crippen LogP contribution in [0.2, 0.25) is 0 Å². The van der Waals surface area contributed by atoms with E-state index in [1.807, 2.05) is 32.0 Å². The fourth-order valence-electron chi connectivity index (χ4n) is 4.44. The van der Waals surface area contributed by atoms with E-state index in [4.69, 9.17) is 0 Å². The van der Waals surface area contributed by atoms with Gasteiger partial charge in [0, 0.05) is 55.2 Å². The zero-order chi connectivity index (χ0) is 19.0. The van der Waals surface area contributed by atoms with Crippen molar-refractivity contribution < 1.29 is 4.79 Å². The molecule has 142 valence electrons. The van der Waals surface area contributed by atoms with Crippen molar-refractivity contribution in [2.45, 2.75) is 45.8 Å². The van der Waals surface area contributed by atoms with Crippen molar-refractivity contribution in [1.29, 1.82) is 0 Å². The number of aromatic amines is 1. The largest absolute Gasteiger partial charge is 0.363 e. The molecule has 0 radical (unpaired) electrons. The molecule has 2 atom stereocenters. The second kappa shape index (κ2) is 7.31. The molecule has 5 heteroatoms. The van der Waals surface area contributed by atoms with Crippen LogP contribution in [-0.2, 0) is 17.9 Å². The molecule has 0 unspecified atom stereocenters. The Morgan fingerprint density at radius 3 is 2.59 bits per heavy atom. The summed E-state index contributed by atoms with van der Waals surface area (Å²) in [5.41, 5.74) is 3.80. The van der Waals surface area contributed by atoms with Crippen LogP contribution in [0.1, 0.15) is 35.2 Å². The smallest absolute Gasteiger partial charge is 0.227 e. The molecule has 2 aromatic rings. The van der Waals surface area contributed by atoms with Gasteiger partial charge in [0.25, 0.3) is 0 Å². The molecule has 4 heterocycles. The second-order valence-electron chi connectivity index (χ2n) is 7.98. The first-order valence-corrected chi connectivity index (χ1v) is 9.77. The number of H-pyrrole nitrogens is 1. The monoisotopic (exact) mass is 365 g/mol. The number of carbonyl (C=O) groups is 1. The highest BCUT2D eigenvalue weighted by Crippen LogP contribution is 2.31. The lowest BCUT2D eigenvalue weighted by Gasteiger charge is -2.36. The summed E-state index contributed by atoms with van der Waals surface area (Å²) in [6, 6.07) is 10.5. The van der Waals surface area contributed by atoms with Crippen molar-refractivity contribution in [2.24, 2.45) is 5.92 Å². The molecular weight excluding hydrogens is 338 g/mol. The molecular formula is C22H27N3O2. The first-order valence-electron chi connectivity index (χ1n) is 9.77. The van der Waals surface area contributed by atoms with E-state index < -0.39 is 0 Å². The number of rotatable bonds is 4. The Balaban J connectivity index is 1.53. The van der Waals surface area contributed by atoms with Gasteiger partial charge in [0.1, 0.15) is 0 Å². The molecule has 1 N–H and O–H groups in total. The van der Waals surface area contributed by atoms with E-state index in [0.717, 1.165) is 42.8 Å². The number of hydrogen-bond donors (Lipinski definition) is 1. The molecule has 3 saturated heterocycles. The molecule has 27 heavy (non-hydrogen) atoms. The highest BCUT2D eigenvalue weighted by Gasteiger charge is 2.40. The van der Waals surface area contributed by atoms with Gasteiger partial charge >= 0.3 is 0 Å². The van der Waals surface area contributed by atoms with Crippen molar-refractivity contribution in [3.63, 3.8) is 0 Å². The number of aromatic nitrogens is 1. The van der Waals surface area contributed by atoms with Gasteiger partial charge in [0.2, 0.25) is 5.91 Å². The topological polar surface area (TPSA) is 56.4 Å². The fraction of sp³-hybridized carbons (Fsp3) is 0.455. The Kier molecular flexibility index (Phi) is 4.87. The molecule has 3 fully saturated rings.